The number of hydrogen-bond donors (Lipinski definition) is 1. The second-order valence-electron chi connectivity index (χ2n) is 6.52. The molecule has 2 aliphatic rings. The molecule has 0 bridgehead atoms. The summed E-state index contributed by atoms with van der Waals surface area (Å²) in [5, 5.41) is 3.61. The predicted molar refractivity (Wildman–Crippen MR) is 85.2 cm³/mol. The molecule has 1 aromatic carbocycles. The van der Waals surface area contributed by atoms with Crippen molar-refractivity contribution in [1.82, 2.24) is 10.2 Å². The van der Waals surface area contributed by atoms with Gasteiger partial charge in [0.15, 0.2) is 0 Å². The summed E-state index contributed by atoms with van der Waals surface area (Å²) < 4.78 is 0. The van der Waals surface area contributed by atoms with Crippen molar-refractivity contribution >= 4 is 5.91 Å². The standard InChI is InChI=1S/C18H26N2O/c1-14-5-2-3-6-16(14)13-18(21)20-11-8-15(9-12-20)17-7-4-10-19-17/h2-3,5-6,15,17,19H,4,7-13H2,1H3. The minimum absolute atomic E-state index is 0.294. The molecule has 1 atom stereocenters. The molecule has 0 spiro atoms. The summed E-state index contributed by atoms with van der Waals surface area (Å²) in [6.07, 6.45) is 5.52. The van der Waals surface area contributed by atoms with Gasteiger partial charge in [0.25, 0.3) is 0 Å². The van der Waals surface area contributed by atoms with Crippen molar-refractivity contribution in [2.45, 2.75) is 45.1 Å². The van der Waals surface area contributed by atoms with Gasteiger partial charge in [-0.05, 0) is 56.2 Å². The van der Waals surface area contributed by atoms with Crippen LogP contribution in [0, 0.1) is 12.8 Å². The summed E-state index contributed by atoms with van der Waals surface area (Å²) in [6, 6.07) is 8.92. The molecule has 3 rings (SSSR count). The van der Waals surface area contributed by atoms with Crippen molar-refractivity contribution in [1.29, 1.82) is 0 Å². The summed E-state index contributed by atoms with van der Waals surface area (Å²) in [5.41, 5.74) is 2.39. The minimum atomic E-state index is 0.294. The summed E-state index contributed by atoms with van der Waals surface area (Å²) in [5.74, 6) is 1.07. The van der Waals surface area contributed by atoms with Gasteiger partial charge in [-0.1, -0.05) is 24.3 Å². The third kappa shape index (κ3) is 3.46. The Bertz CT molecular complexity index is 486. The number of likely N-dealkylation sites (tertiary alicyclic amines) is 1. The fourth-order valence-corrected chi connectivity index (χ4v) is 3.75. The van der Waals surface area contributed by atoms with Crippen LogP contribution in [-0.4, -0.2) is 36.5 Å². The van der Waals surface area contributed by atoms with Crippen LogP contribution in [0.25, 0.3) is 0 Å². The van der Waals surface area contributed by atoms with E-state index in [1.54, 1.807) is 0 Å². The number of piperidine rings is 1. The van der Waals surface area contributed by atoms with Gasteiger partial charge in [0.1, 0.15) is 0 Å². The Balaban J connectivity index is 1.52. The van der Waals surface area contributed by atoms with Gasteiger partial charge in [-0.15, -0.1) is 0 Å². The van der Waals surface area contributed by atoms with Gasteiger partial charge in [-0.3, -0.25) is 4.79 Å². The van der Waals surface area contributed by atoms with Gasteiger partial charge < -0.3 is 10.2 Å². The number of benzene rings is 1. The Labute approximate surface area is 127 Å². The molecule has 2 aliphatic heterocycles. The molecule has 1 amide bonds. The molecule has 21 heavy (non-hydrogen) atoms. The van der Waals surface area contributed by atoms with Crippen molar-refractivity contribution in [3.8, 4) is 0 Å². The Morgan fingerprint density at radius 2 is 2.00 bits per heavy atom. The van der Waals surface area contributed by atoms with Crippen LogP contribution in [0.15, 0.2) is 24.3 Å². The van der Waals surface area contributed by atoms with E-state index in [2.05, 4.69) is 29.3 Å². The highest BCUT2D eigenvalue weighted by atomic mass is 16.2. The maximum atomic E-state index is 12.5. The lowest BCUT2D eigenvalue weighted by atomic mass is 9.88. The number of carbonyl (C=O) groups excluding carboxylic acids is 1. The van der Waals surface area contributed by atoms with E-state index in [4.69, 9.17) is 0 Å². The quantitative estimate of drug-likeness (QED) is 0.926. The minimum Gasteiger partial charge on any atom is -0.342 e. The van der Waals surface area contributed by atoms with E-state index in [1.165, 1.54) is 30.5 Å². The molecule has 0 saturated carbocycles. The third-order valence-corrected chi connectivity index (χ3v) is 5.16. The molecule has 2 heterocycles. The molecule has 2 fully saturated rings. The number of rotatable bonds is 3. The van der Waals surface area contributed by atoms with Crippen LogP contribution in [0.5, 0.6) is 0 Å². The molecule has 3 heteroatoms. The van der Waals surface area contributed by atoms with E-state index in [1.807, 2.05) is 12.1 Å². The maximum absolute atomic E-state index is 12.5. The van der Waals surface area contributed by atoms with Gasteiger partial charge in [0.05, 0.1) is 6.42 Å². The van der Waals surface area contributed by atoms with Crippen LogP contribution in [0.3, 0.4) is 0 Å². The zero-order valence-electron chi connectivity index (χ0n) is 13.0. The highest BCUT2D eigenvalue weighted by molar-refractivity contribution is 5.79. The van der Waals surface area contributed by atoms with Crippen LogP contribution in [0.4, 0.5) is 0 Å². The lowest BCUT2D eigenvalue weighted by molar-refractivity contribution is -0.132. The Morgan fingerprint density at radius 1 is 1.24 bits per heavy atom. The average Bonchev–Trinajstić information content (AvgIpc) is 3.04. The van der Waals surface area contributed by atoms with Crippen molar-refractivity contribution in [2.75, 3.05) is 19.6 Å². The smallest absolute Gasteiger partial charge is 0.226 e. The Hall–Kier alpha value is -1.35. The number of amides is 1. The first-order chi connectivity index (χ1) is 10.2. The molecule has 1 unspecified atom stereocenters. The van der Waals surface area contributed by atoms with E-state index in [0.29, 0.717) is 18.4 Å². The first-order valence-electron chi connectivity index (χ1n) is 8.29. The molecule has 1 N–H and O–H groups in total. The molecule has 0 radical (unpaired) electrons. The first-order valence-corrected chi connectivity index (χ1v) is 8.29. The normalized spacial score (nSPS) is 23.5. The number of nitrogens with zero attached hydrogens (tertiary/aromatic N) is 1. The monoisotopic (exact) mass is 286 g/mol. The Kier molecular flexibility index (Phi) is 4.59. The highest BCUT2D eigenvalue weighted by Gasteiger charge is 2.29. The fourth-order valence-electron chi connectivity index (χ4n) is 3.75. The predicted octanol–water partition coefficient (Wildman–Crippen LogP) is 2.53. The molecule has 3 nitrogen and oxygen atoms in total. The SMILES string of the molecule is Cc1ccccc1CC(=O)N1CCC(C2CCCN2)CC1. The highest BCUT2D eigenvalue weighted by Crippen LogP contribution is 2.26. The third-order valence-electron chi connectivity index (χ3n) is 5.16. The van der Waals surface area contributed by atoms with E-state index in [0.717, 1.165) is 31.8 Å². The van der Waals surface area contributed by atoms with E-state index in [9.17, 15) is 4.79 Å². The summed E-state index contributed by atoms with van der Waals surface area (Å²) in [7, 11) is 0. The van der Waals surface area contributed by atoms with Crippen molar-refractivity contribution in [3.63, 3.8) is 0 Å². The number of nitrogens with one attached hydrogen (secondary N) is 1. The van der Waals surface area contributed by atoms with Crippen LogP contribution in [-0.2, 0) is 11.2 Å². The Morgan fingerprint density at radius 3 is 2.67 bits per heavy atom. The number of carbonyl (C=O) groups is 1. The number of hydrogen-bond acceptors (Lipinski definition) is 2. The maximum Gasteiger partial charge on any atom is 0.226 e. The van der Waals surface area contributed by atoms with E-state index in [-0.39, 0.29) is 0 Å². The molecule has 114 valence electrons. The molecule has 2 saturated heterocycles. The van der Waals surface area contributed by atoms with Gasteiger partial charge in [0, 0.05) is 19.1 Å². The molecular weight excluding hydrogens is 260 g/mol. The lowest BCUT2D eigenvalue weighted by Crippen LogP contribution is -2.43. The molecular formula is C18H26N2O. The fraction of sp³-hybridized carbons (Fsp3) is 0.611. The van der Waals surface area contributed by atoms with Gasteiger partial charge in [-0.2, -0.15) is 0 Å². The van der Waals surface area contributed by atoms with Crippen LogP contribution < -0.4 is 5.32 Å². The van der Waals surface area contributed by atoms with Crippen molar-refractivity contribution in [3.05, 3.63) is 35.4 Å². The molecule has 1 aromatic rings. The average molecular weight is 286 g/mol. The second kappa shape index (κ2) is 6.61. The second-order valence-corrected chi connectivity index (χ2v) is 6.52. The number of aryl methyl sites for hydroxylation is 1. The zero-order chi connectivity index (χ0) is 14.7. The topological polar surface area (TPSA) is 32.3 Å². The van der Waals surface area contributed by atoms with Crippen molar-refractivity contribution in [2.24, 2.45) is 5.92 Å². The molecule has 0 aliphatic carbocycles. The van der Waals surface area contributed by atoms with E-state index < -0.39 is 0 Å². The van der Waals surface area contributed by atoms with Crippen LogP contribution in [0.1, 0.15) is 36.8 Å². The van der Waals surface area contributed by atoms with Crippen LogP contribution >= 0.6 is 0 Å². The molecule has 0 aromatic heterocycles. The summed E-state index contributed by atoms with van der Waals surface area (Å²) in [6.45, 7) is 5.14. The summed E-state index contributed by atoms with van der Waals surface area (Å²) >= 11 is 0. The van der Waals surface area contributed by atoms with Crippen LogP contribution in [0.2, 0.25) is 0 Å². The van der Waals surface area contributed by atoms with Gasteiger partial charge in [0.2, 0.25) is 5.91 Å². The summed E-state index contributed by atoms with van der Waals surface area (Å²) in [4.78, 5) is 14.5. The van der Waals surface area contributed by atoms with Crippen molar-refractivity contribution < 1.29 is 4.79 Å². The largest absolute Gasteiger partial charge is 0.342 e. The van der Waals surface area contributed by atoms with E-state index >= 15 is 0 Å². The van der Waals surface area contributed by atoms with Gasteiger partial charge in [-0.25, -0.2) is 0 Å². The first kappa shape index (κ1) is 14.6. The zero-order valence-corrected chi connectivity index (χ0v) is 13.0. The lowest BCUT2D eigenvalue weighted by Gasteiger charge is -2.35. The van der Waals surface area contributed by atoms with Gasteiger partial charge >= 0.3 is 0 Å².